The predicted molar refractivity (Wildman–Crippen MR) is 130 cm³/mol. The molecule has 2 aromatic carbocycles. The zero-order valence-corrected chi connectivity index (χ0v) is 21.3. The van der Waals surface area contributed by atoms with E-state index in [1.165, 1.54) is 22.5 Å². The zero-order valence-electron chi connectivity index (χ0n) is 18.9. The molecule has 1 unspecified atom stereocenters. The summed E-state index contributed by atoms with van der Waals surface area (Å²) in [5.74, 6) is 0.360. The average Bonchev–Trinajstić information content (AvgIpc) is 2.69. The molecular weight excluding hydrogens is 471 g/mol. The lowest BCUT2D eigenvalue weighted by Gasteiger charge is -2.25. The lowest BCUT2D eigenvalue weighted by atomic mass is 10.2. The fourth-order valence-electron chi connectivity index (χ4n) is 3.00. The van der Waals surface area contributed by atoms with Crippen LogP contribution in [0, 0.1) is 11.8 Å². The van der Waals surface area contributed by atoms with E-state index >= 15 is 0 Å². The Morgan fingerprint density at radius 2 is 1.53 bits per heavy atom. The first-order valence-electron chi connectivity index (χ1n) is 10.4. The third-order valence-electron chi connectivity index (χ3n) is 4.46. The Bertz CT molecular complexity index is 1010. The summed E-state index contributed by atoms with van der Waals surface area (Å²) in [6.45, 7) is 10.4. The lowest BCUT2D eigenvalue weighted by Crippen LogP contribution is -2.37. The molecule has 1 N–H and O–H groups in total. The third-order valence-corrected chi connectivity index (χ3v) is 6.84. The van der Waals surface area contributed by atoms with Crippen molar-refractivity contribution in [3.05, 3.63) is 52.5 Å². The maximum Gasteiger partial charge on any atom is 0.265 e. The number of nitrogens with zero attached hydrogens (tertiary/aromatic N) is 1. The largest absolute Gasteiger partial charge is 0.479 e. The second kappa shape index (κ2) is 11.4. The molecule has 1 amide bonds. The summed E-state index contributed by atoms with van der Waals surface area (Å²) in [6, 6.07) is 10.9. The van der Waals surface area contributed by atoms with E-state index in [1.807, 2.05) is 27.7 Å². The highest BCUT2D eigenvalue weighted by molar-refractivity contribution is 7.89. The van der Waals surface area contributed by atoms with E-state index < -0.39 is 22.0 Å². The Hall–Kier alpha value is -1.80. The SMILES string of the molecule is CC(C)CN(CC(C)C)S(=O)(=O)c1ccc(NC(=O)C(C)Oc2ccc(Cl)cc2Cl)cc1. The Balaban J connectivity index is 2.09. The number of carbonyl (C=O) groups is 1. The maximum absolute atomic E-state index is 13.1. The van der Waals surface area contributed by atoms with Crippen LogP contribution in [0.4, 0.5) is 5.69 Å². The third kappa shape index (κ3) is 7.37. The number of halogens is 2. The Morgan fingerprint density at radius 1 is 0.969 bits per heavy atom. The molecule has 0 saturated heterocycles. The van der Waals surface area contributed by atoms with Gasteiger partial charge in [-0.15, -0.1) is 0 Å². The maximum atomic E-state index is 13.1. The first-order valence-corrected chi connectivity index (χ1v) is 12.6. The summed E-state index contributed by atoms with van der Waals surface area (Å²) in [5, 5.41) is 3.50. The first-order chi connectivity index (χ1) is 14.9. The molecule has 0 saturated carbocycles. The van der Waals surface area contributed by atoms with Crippen molar-refractivity contribution >= 4 is 44.8 Å². The van der Waals surface area contributed by atoms with E-state index in [0.29, 0.717) is 34.6 Å². The van der Waals surface area contributed by atoms with Crippen LogP contribution >= 0.6 is 23.2 Å². The van der Waals surface area contributed by atoms with Crippen molar-refractivity contribution in [2.45, 2.75) is 45.6 Å². The van der Waals surface area contributed by atoms with Gasteiger partial charge in [-0.1, -0.05) is 50.9 Å². The van der Waals surface area contributed by atoms with Crippen LogP contribution in [0.3, 0.4) is 0 Å². The van der Waals surface area contributed by atoms with E-state index in [2.05, 4.69) is 5.32 Å². The van der Waals surface area contributed by atoms with Gasteiger partial charge in [0, 0.05) is 23.8 Å². The van der Waals surface area contributed by atoms with Crippen LogP contribution in [-0.2, 0) is 14.8 Å². The minimum absolute atomic E-state index is 0.189. The Kier molecular flexibility index (Phi) is 9.40. The molecule has 0 fully saturated rings. The molecule has 0 aliphatic rings. The molecule has 0 aliphatic carbocycles. The molecule has 0 heterocycles. The summed E-state index contributed by atoms with van der Waals surface area (Å²) < 4.78 is 33.3. The van der Waals surface area contributed by atoms with Gasteiger partial charge in [0.25, 0.3) is 5.91 Å². The number of rotatable bonds is 10. The quantitative estimate of drug-likeness (QED) is 0.453. The number of anilines is 1. The highest BCUT2D eigenvalue weighted by Crippen LogP contribution is 2.28. The van der Waals surface area contributed by atoms with Gasteiger partial charge in [0.05, 0.1) is 9.92 Å². The van der Waals surface area contributed by atoms with E-state index in [1.54, 1.807) is 31.2 Å². The van der Waals surface area contributed by atoms with Gasteiger partial charge in [-0.25, -0.2) is 8.42 Å². The van der Waals surface area contributed by atoms with Crippen LogP contribution in [0.15, 0.2) is 47.4 Å². The molecule has 0 spiro atoms. The van der Waals surface area contributed by atoms with E-state index in [-0.39, 0.29) is 16.7 Å². The van der Waals surface area contributed by atoms with Crippen LogP contribution in [-0.4, -0.2) is 37.8 Å². The fraction of sp³-hybridized carbons (Fsp3) is 0.435. The van der Waals surface area contributed by atoms with Gasteiger partial charge in [-0.2, -0.15) is 4.31 Å². The monoisotopic (exact) mass is 500 g/mol. The van der Waals surface area contributed by atoms with Gasteiger partial charge < -0.3 is 10.1 Å². The Labute approximate surface area is 200 Å². The molecule has 2 rings (SSSR count). The standard InChI is InChI=1S/C23H30Cl2N2O4S/c1-15(2)13-27(14-16(3)4)32(29,30)20-9-7-19(8-10-20)26-23(28)17(5)31-22-11-6-18(24)12-21(22)25/h6-12,15-17H,13-14H2,1-5H3,(H,26,28). The molecule has 0 aromatic heterocycles. The average molecular weight is 501 g/mol. The van der Waals surface area contributed by atoms with E-state index in [0.717, 1.165) is 0 Å². The van der Waals surface area contributed by atoms with Crippen LogP contribution in [0.5, 0.6) is 5.75 Å². The molecule has 0 radical (unpaired) electrons. The summed E-state index contributed by atoms with van der Waals surface area (Å²) in [6.07, 6.45) is -0.829. The minimum Gasteiger partial charge on any atom is -0.479 e. The first kappa shape index (κ1) is 26.5. The second-order valence-electron chi connectivity index (χ2n) is 8.46. The van der Waals surface area contributed by atoms with Crippen molar-refractivity contribution in [2.24, 2.45) is 11.8 Å². The fourth-order valence-corrected chi connectivity index (χ4v) is 5.22. The van der Waals surface area contributed by atoms with E-state index in [4.69, 9.17) is 27.9 Å². The van der Waals surface area contributed by atoms with Crippen LogP contribution in [0.2, 0.25) is 10.0 Å². The van der Waals surface area contributed by atoms with Crippen molar-refractivity contribution in [3.63, 3.8) is 0 Å². The topological polar surface area (TPSA) is 75.7 Å². The number of hydrogen-bond donors (Lipinski definition) is 1. The summed E-state index contributed by atoms with van der Waals surface area (Å²) in [5.41, 5.74) is 0.464. The Morgan fingerprint density at radius 3 is 2.03 bits per heavy atom. The number of sulfonamides is 1. The van der Waals surface area contributed by atoms with Gasteiger partial charge in [-0.05, 0) is 61.2 Å². The number of hydrogen-bond acceptors (Lipinski definition) is 4. The van der Waals surface area contributed by atoms with Gasteiger partial charge in [0.2, 0.25) is 10.0 Å². The lowest BCUT2D eigenvalue weighted by molar-refractivity contribution is -0.122. The van der Waals surface area contributed by atoms with Crippen LogP contribution < -0.4 is 10.1 Å². The predicted octanol–water partition coefficient (Wildman–Crippen LogP) is 5.70. The van der Waals surface area contributed by atoms with Gasteiger partial charge in [-0.3, -0.25) is 4.79 Å². The number of amides is 1. The molecular formula is C23H30Cl2N2O4S. The molecule has 0 bridgehead atoms. The van der Waals surface area contributed by atoms with Gasteiger partial charge in [0.1, 0.15) is 5.75 Å². The number of benzene rings is 2. The molecule has 176 valence electrons. The number of carbonyl (C=O) groups excluding carboxylic acids is 1. The van der Waals surface area contributed by atoms with Gasteiger partial charge >= 0.3 is 0 Å². The smallest absolute Gasteiger partial charge is 0.265 e. The molecule has 0 aliphatic heterocycles. The van der Waals surface area contributed by atoms with Crippen molar-refractivity contribution in [3.8, 4) is 5.75 Å². The van der Waals surface area contributed by atoms with E-state index in [9.17, 15) is 13.2 Å². The molecule has 6 nitrogen and oxygen atoms in total. The molecule has 9 heteroatoms. The van der Waals surface area contributed by atoms with Crippen LogP contribution in [0.1, 0.15) is 34.6 Å². The normalized spacial score (nSPS) is 12.9. The highest BCUT2D eigenvalue weighted by atomic mass is 35.5. The second-order valence-corrected chi connectivity index (χ2v) is 11.2. The molecule has 1 atom stereocenters. The summed E-state index contributed by atoms with van der Waals surface area (Å²) >= 11 is 12.0. The van der Waals surface area contributed by atoms with Crippen molar-refractivity contribution in [1.29, 1.82) is 0 Å². The van der Waals surface area contributed by atoms with Gasteiger partial charge in [0.15, 0.2) is 6.10 Å². The van der Waals surface area contributed by atoms with Crippen molar-refractivity contribution in [1.82, 2.24) is 4.31 Å². The summed E-state index contributed by atoms with van der Waals surface area (Å²) in [4.78, 5) is 12.7. The van der Waals surface area contributed by atoms with Crippen LogP contribution in [0.25, 0.3) is 0 Å². The summed E-state index contributed by atoms with van der Waals surface area (Å²) in [7, 11) is -3.63. The minimum atomic E-state index is -3.63. The number of ether oxygens (including phenoxy) is 1. The van der Waals surface area contributed by atoms with Crippen molar-refractivity contribution in [2.75, 3.05) is 18.4 Å². The number of nitrogens with one attached hydrogen (secondary N) is 1. The molecule has 32 heavy (non-hydrogen) atoms. The van der Waals surface area contributed by atoms with Crippen molar-refractivity contribution < 1.29 is 17.9 Å². The highest BCUT2D eigenvalue weighted by Gasteiger charge is 2.26. The zero-order chi connectivity index (χ0) is 24.1. The molecule has 2 aromatic rings.